The zero-order valence-electron chi connectivity index (χ0n) is 24.7. The molecule has 7 heteroatoms. The number of ether oxygens (including phenoxy) is 1. The normalized spacial score (nSPS) is 14.4. The molecule has 0 N–H and O–H groups in total. The summed E-state index contributed by atoms with van der Waals surface area (Å²) in [5.74, 6) is 2.82. The van der Waals surface area contributed by atoms with Gasteiger partial charge in [-0.3, -0.25) is 4.79 Å². The second kappa shape index (κ2) is 13.9. The van der Waals surface area contributed by atoms with E-state index in [0.717, 1.165) is 73.7 Å². The van der Waals surface area contributed by atoms with Crippen molar-refractivity contribution in [3.63, 3.8) is 0 Å². The van der Waals surface area contributed by atoms with E-state index < -0.39 is 0 Å². The van der Waals surface area contributed by atoms with E-state index in [1.54, 1.807) is 7.11 Å². The topological polar surface area (TPSA) is 63.5 Å². The number of carbonyl (C=O) groups excluding carboxylic acids is 1. The lowest BCUT2D eigenvalue weighted by atomic mass is 10.1. The molecular formula is C32H47N5O2. The van der Waals surface area contributed by atoms with Crippen molar-refractivity contribution < 1.29 is 9.53 Å². The minimum Gasteiger partial charge on any atom is -0.497 e. The number of hydrogen-bond donors (Lipinski definition) is 0. The van der Waals surface area contributed by atoms with Crippen LogP contribution in [0.5, 0.6) is 5.75 Å². The molecule has 3 aromatic rings. The highest BCUT2D eigenvalue weighted by Gasteiger charge is 2.21. The third kappa shape index (κ3) is 7.81. The van der Waals surface area contributed by atoms with Crippen LogP contribution in [0.2, 0.25) is 0 Å². The van der Waals surface area contributed by atoms with Gasteiger partial charge < -0.3 is 19.1 Å². The van der Waals surface area contributed by atoms with Gasteiger partial charge in [0.15, 0.2) is 5.65 Å². The molecule has 0 aliphatic carbocycles. The first-order valence-corrected chi connectivity index (χ1v) is 14.9. The molecule has 3 heterocycles. The number of aryl methyl sites for hydroxylation is 1. The molecule has 0 bridgehead atoms. The van der Waals surface area contributed by atoms with Gasteiger partial charge in [-0.25, -0.2) is 9.97 Å². The van der Waals surface area contributed by atoms with Gasteiger partial charge in [-0.05, 0) is 100.0 Å². The fourth-order valence-electron chi connectivity index (χ4n) is 5.23. The first-order valence-electron chi connectivity index (χ1n) is 14.9. The van der Waals surface area contributed by atoms with Gasteiger partial charge in [0.1, 0.15) is 22.8 Å². The third-order valence-corrected chi connectivity index (χ3v) is 7.70. The molecule has 0 unspecified atom stereocenters. The maximum absolute atomic E-state index is 13.7. The second-order valence-corrected chi connectivity index (χ2v) is 11.8. The predicted octanol–water partition coefficient (Wildman–Crippen LogP) is 6.52. The minimum atomic E-state index is 0.0188. The van der Waals surface area contributed by atoms with E-state index in [1.165, 1.54) is 32.4 Å². The molecule has 0 spiro atoms. The maximum atomic E-state index is 13.7. The second-order valence-electron chi connectivity index (χ2n) is 11.8. The Kier molecular flexibility index (Phi) is 10.4. The van der Waals surface area contributed by atoms with Crippen LogP contribution in [0.25, 0.3) is 22.6 Å². The summed E-state index contributed by atoms with van der Waals surface area (Å²) in [6.07, 6.45) is 6.93. The van der Waals surface area contributed by atoms with Crippen molar-refractivity contribution in [2.45, 2.75) is 72.8 Å². The highest BCUT2D eigenvalue weighted by Crippen LogP contribution is 2.27. The monoisotopic (exact) mass is 533 g/mol. The van der Waals surface area contributed by atoms with Gasteiger partial charge in [0.05, 0.1) is 7.11 Å². The smallest absolute Gasteiger partial charge is 0.272 e. The zero-order chi connectivity index (χ0) is 27.8. The summed E-state index contributed by atoms with van der Waals surface area (Å²) in [7, 11) is 1.68. The number of nitrogens with zero attached hydrogens (tertiary/aromatic N) is 5. The molecule has 1 saturated heterocycles. The molecule has 0 radical (unpaired) electrons. The Bertz CT molecular complexity index is 1180. The Balaban J connectivity index is 1.64. The van der Waals surface area contributed by atoms with Crippen molar-refractivity contribution in [3.8, 4) is 17.1 Å². The Morgan fingerprint density at radius 2 is 1.56 bits per heavy atom. The van der Waals surface area contributed by atoms with Gasteiger partial charge in [-0.15, -0.1) is 0 Å². The Morgan fingerprint density at radius 1 is 0.897 bits per heavy atom. The third-order valence-electron chi connectivity index (χ3n) is 7.70. The molecule has 2 aromatic heterocycles. The van der Waals surface area contributed by atoms with E-state index in [9.17, 15) is 4.79 Å². The number of hydrogen-bond acceptors (Lipinski definition) is 5. The zero-order valence-corrected chi connectivity index (χ0v) is 24.7. The van der Waals surface area contributed by atoms with E-state index in [2.05, 4.69) is 37.2 Å². The number of aromatic nitrogens is 3. The van der Waals surface area contributed by atoms with Crippen molar-refractivity contribution >= 4 is 17.1 Å². The van der Waals surface area contributed by atoms with E-state index in [4.69, 9.17) is 14.7 Å². The Hall–Kier alpha value is -2.93. The molecule has 212 valence electrons. The molecule has 39 heavy (non-hydrogen) atoms. The molecule has 1 aromatic carbocycles. The van der Waals surface area contributed by atoms with Crippen molar-refractivity contribution in [1.82, 2.24) is 24.3 Å². The van der Waals surface area contributed by atoms with Gasteiger partial charge in [-0.1, -0.05) is 34.1 Å². The van der Waals surface area contributed by atoms with Gasteiger partial charge in [0.2, 0.25) is 0 Å². The summed E-state index contributed by atoms with van der Waals surface area (Å²) in [5, 5.41) is 0. The molecule has 4 rings (SSSR count). The summed E-state index contributed by atoms with van der Waals surface area (Å²) in [5.41, 5.74) is 3.15. The van der Waals surface area contributed by atoms with Crippen molar-refractivity contribution in [2.75, 3.05) is 39.8 Å². The molecule has 1 aliphatic heterocycles. The average molecular weight is 534 g/mol. The number of amides is 1. The fourth-order valence-corrected chi connectivity index (χ4v) is 5.23. The largest absolute Gasteiger partial charge is 0.497 e. The van der Waals surface area contributed by atoms with Crippen LogP contribution in [-0.2, 0) is 6.54 Å². The quantitative estimate of drug-likeness (QED) is 0.250. The number of pyridine rings is 1. The van der Waals surface area contributed by atoms with Crippen LogP contribution in [-0.4, -0.2) is 70.1 Å². The lowest BCUT2D eigenvalue weighted by Crippen LogP contribution is -2.34. The number of imidazole rings is 1. The molecule has 1 amide bonds. The van der Waals surface area contributed by atoms with E-state index >= 15 is 0 Å². The van der Waals surface area contributed by atoms with Crippen molar-refractivity contribution in [1.29, 1.82) is 0 Å². The number of piperidine rings is 1. The summed E-state index contributed by atoms with van der Waals surface area (Å²) < 4.78 is 7.59. The van der Waals surface area contributed by atoms with Gasteiger partial charge in [0, 0.05) is 25.2 Å². The fraction of sp³-hybridized carbons (Fsp3) is 0.594. The maximum Gasteiger partial charge on any atom is 0.272 e. The summed E-state index contributed by atoms with van der Waals surface area (Å²) in [6.45, 7) is 14.6. The molecule has 0 saturated carbocycles. The Labute approximate surface area is 234 Å². The van der Waals surface area contributed by atoms with Gasteiger partial charge in [0.25, 0.3) is 5.91 Å². The van der Waals surface area contributed by atoms with Gasteiger partial charge in [-0.2, -0.15) is 0 Å². The molecule has 1 aliphatic rings. The number of carbonyl (C=O) groups is 1. The number of benzene rings is 1. The molecule has 0 atom stereocenters. The van der Waals surface area contributed by atoms with Crippen LogP contribution >= 0.6 is 0 Å². The number of fused-ring (bicyclic) bond motifs is 1. The lowest BCUT2D eigenvalue weighted by molar-refractivity contribution is 0.0735. The SMILES string of the molecule is COc1ccc(-c2nc3ccc(C(=O)N(CCC(C)C)CCC(C)C)nc3n2CCCN2CCCCC2)cc1. The van der Waals surface area contributed by atoms with E-state index in [0.29, 0.717) is 17.5 Å². The van der Waals surface area contributed by atoms with Crippen LogP contribution in [0.1, 0.15) is 76.7 Å². The average Bonchev–Trinajstić information content (AvgIpc) is 3.30. The van der Waals surface area contributed by atoms with Crippen molar-refractivity contribution in [3.05, 3.63) is 42.1 Å². The summed E-state index contributed by atoms with van der Waals surface area (Å²) in [4.78, 5) is 28.2. The summed E-state index contributed by atoms with van der Waals surface area (Å²) >= 11 is 0. The molecular weight excluding hydrogens is 486 g/mol. The number of methoxy groups -OCH3 is 1. The van der Waals surface area contributed by atoms with Crippen LogP contribution in [0.15, 0.2) is 36.4 Å². The van der Waals surface area contributed by atoms with E-state index in [-0.39, 0.29) is 5.91 Å². The number of rotatable bonds is 13. The predicted molar refractivity (Wildman–Crippen MR) is 159 cm³/mol. The van der Waals surface area contributed by atoms with Gasteiger partial charge >= 0.3 is 0 Å². The molecule has 7 nitrogen and oxygen atoms in total. The van der Waals surface area contributed by atoms with Crippen molar-refractivity contribution in [2.24, 2.45) is 11.8 Å². The standard InChI is InChI=1S/C32H47N5O2/c1-24(2)16-22-36(23-17-25(3)4)32(38)29-15-14-28-31(34-29)37(21-9-20-35-18-7-6-8-19-35)30(33-28)26-10-12-27(39-5)13-11-26/h10-15,24-25H,6-9,16-23H2,1-5H3. The highest BCUT2D eigenvalue weighted by molar-refractivity contribution is 5.94. The Morgan fingerprint density at radius 3 is 2.18 bits per heavy atom. The highest BCUT2D eigenvalue weighted by atomic mass is 16.5. The van der Waals surface area contributed by atoms with Crippen LogP contribution in [0, 0.1) is 11.8 Å². The summed E-state index contributed by atoms with van der Waals surface area (Å²) in [6, 6.07) is 11.9. The number of likely N-dealkylation sites (tertiary alicyclic amines) is 1. The minimum absolute atomic E-state index is 0.0188. The van der Waals surface area contributed by atoms with Crippen LogP contribution in [0.3, 0.4) is 0 Å². The molecule has 1 fully saturated rings. The van der Waals surface area contributed by atoms with E-state index in [1.807, 2.05) is 41.3 Å². The van der Waals surface area contributed by atoms with Crippen LogP contribution in [0.4, 0.5) is 0 Å². The first kappa shape index (κ1) is 29.1. The van der Waals surface area contributed by atoms with Crippen LogP contribution < -0.4 is 4.74 Å². The first-order chi connectivity index (χ1) is 18.9. The lowest BCUT2D eigenvalue weighted by Gasteiger charge is -2.26.